The van der Waals surface area contributed by atoms with Crippen LogP contribution < -0.4 is 10.6 Å². The number of hydrogen-bond donors (Lipinski definition) is 3. The molecule has 2 aromatic carbocycles. The molecule has 2 heterocycles. The van der Waals surface area contributed by atoms with E-state index in [-0.39, 0.29) is 18.5 Å². The molecule has 13 heteroatoms. The van der Waals surface area contributed by atoms with Crippen molar-refractivity contribution in [3.05, 3.63) is 60.6 Å². The fourth-order valence-corrected chi connectivity index (χ4v) is 5.12. The Morgan fingerprint density at radius 3 is 1.93 bits per heavy atom. The lowest BCUT2D eigenvalue weighted by atomic mass is 10.1. The van der Waals surface area contributed by atoms with Crippen LogP contribution in [0.4, 0.5) is 15.3 Å². The molecule has 0 aliphatic heterocycles. The van der Waals surface area contributed by atoms with Crippen molar-refractivity contribution in [3.8, 4) is 22.5 Å². The fourth-order valence-electron chi connectivity index (χ4n) is 5.12. The van der Waals surface area contributed by atoms with Gasteiger partial charge in [-0.1, -0.05) is 79.2 Å². The molecule has 318 valence electrons. The Hall–Kier alpha value is -5.17. The maximum atomic E-state index is 13.5. The van der Waals surface area contributed by atoms with Gasteiger partial charge >= 0.3 is 12.2 Å². The lowest BCUT2D eigenvalue weighted by Gasteiger charge is -2.27. The lowest BCUT2D eigenvalue weighted by Crippen LogP contribution is -2.39. The van der Waals surface area contributed by atoms with Gasteiger partial charge in [-0.2, -0.15) is 0 Å². The number of nitrogens with zero attached hydrogens (tertiary/aromatic N) is 3. The van der Waals surface area contributed by atoms with Crippen LogP contribution in [0.2, 0.25) is 0 Å². The average Bonchev–Trinajstić information content (AvgIpc) is 3.80. The molecule has 57 heavy (non-hydrogen) atoms. The fraction of sp³-hybridized carbons (Fsp3) is 0.523. The Morgan fingerprint density at radius 1 is 0.895 bits per heavy atom. The molecule has 0 aliphatic carbocycles. The van der Waals surface area contributed by atoms with Crippen LogP contribution in [0.25, 0.3) is 33.4 Å². The number of carbonyl (C=O) groups is 4. The average molecular weight is 795 g/mol. The predicted molar refractivity (Wildman–Crippen MR) is 233 cm³/mol. The van der Waals surface area contributed by atoms with Gasteiger partial charge in [-0.05, 0) is 97.3 Å². The molecule has 0 saturated carbocycles. The molecule has 0 aliphatic rings. The van der Waals surface area contributed by atoms with Crippen molar-refractivity contribution in [2.45, 2.75) is 127 Å². The van der Waals surface area contributed by atoms with Crippen LogP contribution in [-0.4, -0.2) is 82.4 Å². The first-order valence-corrected chi connectivity index (χ1v) is 19.9. The number of methoxy groups -OCH3 is 1. The number of fused-ring (bicyclic) bond motifs is 1. The van der Waals surface area contributed by atoms with Crippen LogP contribution in [0.1, 0.15) is 122 Å². The normalized spacial score (nSPS) is 11.0. The molecule has 13 nitrogen and oxygen atoms in total. The Labute approximate surface area is 341 Å². The molecule has 0 radical (unpaired) electrons. The highest BCUT2D eigenvalue weighted by molar-refractivity contribution is 5.99. The van der Waals surface area contributed by atoms with E-state index in [0.717, 1.165) is 28.6 Å². The first-order chi connectivity index (χ1) is 26.9. The molecule has 0 saturated heterocycles. The van der Waals surface area contributed by atoms with Crippen molar-refractivity contribution in [1.29, 1.82) is 0 Å². The number of amides is 2. The van der Waals surface area contributed by atoms with E-state index in [1.54, 1.807) is 56.8 Å². The summed E-state index contributed by atoms with van der Waals surface area (Å²) in [4.78, 5) is 57.3. The summed E-state index contributed by atoms with van der Waals surface area (Å²) in [5.41, 5.74) is 3.00. The first kappa shape index (κ1) is 51.8. The molecule has 0 bridgehead atoms. The lowest BCUT2D eigenvalue weighted by molar-refractivity contribution is -0.132. The van der Waals surface area contributed by atoms with Crippen LogP contribution in [0.15, 0.2) is 54.7 Å². The second kappa shape index (κ2) is 25.9. The highest BCUT2D eigenvalue weighted by atomic mass is 16.6. The van der Waals surface area contributed by atoms with Crippen molar-refractivity contribution < 1.29 is 33.4 Å². The molecule has 1 atom stereocenters. The van der Waals surface area contributed by atoms with Crippen molar-refractivity contribution in [2.75, 3.05) is 32.6 Å². The van der Waals surface area contributed by atoms with Crippen molar-refractivity contribution in [1.82, 2.24) is 24.8 Å². The maximum Gasteiger partial charge on any atom is 0.419 e. The van der Waals surface area contributed by atoms with E-state index < -0.39 is 23.4 Å². The quantitative estimate of drug-likeness (QED) is 0.105. The third-order valence-electron chi connectivity index (χ3n) is 7.18. The van der Waals surface area contributed by atoms with Gasteiger partial charge in [0.05, 0.1) is 42.8 Å². The Bertz CT molecular complexity index is 1780. The molecular formula is C44H70N6O7. The van der Waals surface area contributed by atoms with Crippen LogP contribution in [0.5, 0.6) is 0 Å². The van der Waals surface area contributed by atoms with E-state index >= 15 is 0 Å². The number of rotatable bonds is 10. The largest absolute Gasteiger partial charge is 0.471 e. The molecule has 3 N–H and O–H groups in total. The van der Waals surface area contributed by atoms with Crippen LogP contribution in [0.3, 0.4) is 0 Å². The van der Waals surface area contributed by atoms with Gasteiger partial charge in [0.2, 0.25) is 5.91 Å². The third kappa shape index (κ3) is 17.2. The minimum Gasteiger partial charge on any atom is -0.471 e. The van der Waals surface area contributed by atoms with Crippen molar-refractivity contribution in [3.63, 3.8) is 0 Å². The summed E-state index contributed by atoms with van der Waals surface area (Å²) in [6, 6.07) is 14.8. The number of imidazole rings is 1. The summed E-state index contributed by atoms with van der Waals surface area (Å²) in [7, 11) is 3.07. The zero-order valence-electron chi connectivity index (χ0n) is 37.4. The summed E-state index contributed by atoms with van der Waals surface area (Å²) >= 11 is 0. The smallest absolute Gasteiger partial charge is 0.419 e. The SMILES string of the molecule is CC.CC.CCC.CCCN(C(=O)CNC)[C@H](C)c1ncc(-c2ccc(-c3cc4cc(NC(=O)OC(C)(C)C)ccc4n3C(=O)OC(C)(C)C)cc2)[nH]1.COC=O. The molecule has 0 fully saturated rings. The number of aromatic nitrogens is 3. The zero-order valence-corrected chi connectivity index (χ0v) is 37.4. The topological polar surface area (TPSA) is 157 Å². The van der Waals surface area contributed by atoms with Crippen LogP contribution in [0, 0.1) is 0 Å². The number of likely N-dealkylation sites (N-methyl/N-ethyl adjacent to an activating group) is 1. The van der Waals surface area contributed by atoms with Gasteiger partial charge in [-0.3, -0.25) is 14.9 Å². The first-order valence-electron chi connectivity index (χ1n) is 19.9. The van der Waals surface area contributed by atoms with Gasteiger partial charge in [0.25, 0.3) is 6.47 Å². The minimum absolute atomic E-state index is 0.0206. The van der Waals surface area contributed by atoms with Crippen LogP contribution >= 0.6 is 0 Å². The van der Waals surface area contributed by atoms with E-state index in [0.29, 0.717) is 35.7 Å². The minimum atomic E-state index is -0.702. The van der Waals surface area contributed by atoms with E-state index in [1.807, 2.05) is 97.5 Å². The van der Waals surface area contributed by atoms with Crippen LogP contribution in [-0.2, 0) is 23.8 Å². The van der Waals surface area contributed by atoms with Gasteiger partial charge in [0, 0.05) is 17.6 Å². The number of ether oxygens (including phenoxy) is 3. The number of benzene rings is 2. The highest BCUT2D eigenvalue weighted by Crippen LogP contribution is 2.33. The number of H-pyrrole nitrogens is 1. The van der Waals surface area contributed by atoms with Gasteiger partial charge in [0.15, 0.2) is 0 Å². The molecule has 4 aromatic rings. The number of carbonyl (C=O) groups excluding carboxylic acids is 4. The van der Waals surface area contributed by atoms with E-state index in [2.05, 4.69) is 39.2 Å². The predicted octanol–water partition coefficient (Wildman–Crippen LogP) is 10.6. The number of anilines is 1. The van der Waals surface area contributed by atoms with E-state index in [9.17, 15) is 14.4 Å². The summed E-state index contributed by atoms with van der Waals surface area (Å²) in [6.07, 6.45) is 2.79. The van der Waals surface area contributed by atoms with Gasteiger partial charge < -0.3 is 29.4 Å². The molecule has 0 spiro atoms. The molecule has 0 unspecified atom stereocenters. The summed E-state index contributed by atoms with van der Waals surface area (Å²) in [5.74, 6) is 0.727. The number of nitrogens with one attached hydrogen (secondary N) is 3. The van der Waals surface area contributed by atoms with Crippen molar-refractivity contribution >= 4 is 41.2 Å². The summed E-state index contributed by atoms with van der Waals surface area (Å²) in [6.45, 7) is 28.4. The molecule has 4 rings (SSSR count). The van der Waals surface area contributed by atoms with Gasteiger partial charge in [-0.15, -0.1) is 0 Å². The molecular weight excluding hydrogens is 725 g/mol. The van der Waals surface area contributed by atoms with E-state index in [4.69, 9.17) is 14.3 Å². The van der Waals surface area contributed by atoms with Gasteiger partial charge in [0.1, 0.15) is 17.0 Å². The standard InChI is InChI=1S/C35H46N6O5.C3H8.C2H4O2.2C2H6/c1-10-17-40(30(42)21-36-9)22(2)31-37-20-27(39-31)23-11-13-24(14-12-23)29-19-25-18-26(38-32(43)45-34(3,4)5)15-16-28(25)41(29)33(44)46-35(6,7)8;1-3-2;1-4-2-3;2*1-2/h11-16,18-20,22,36H,10,17,21H2,1-9H3,(H,37,39)(H,38,43);3H2,1-2H3;2H,1H3;2*1-2H3/t22-;;;;/m1..../s1. The maximum absolute atomic E-state index is 13.5. The third-order valence-corrected chi connectivity index (χ3v) is 7.18. The molecule has 2 aromatic heterocycles. The Balaban J connectivity index is 0.00000257. The number of aromatic amines is 1. The monoisotopic (exact) mass is 795 g/mol. The number of hydrogen-bond acceptors (Lipinski definition) is 9. The summed E-state index contributed by atoms with van der Waals surface area (Å²) in [5, 5.41) is 6.45. The van der Waals surface area contributed by atoms with Gasteiger partial charge in [-0.25, -0.2) is 19.1 Å². The van der Waals surface area contributed by atoms with Crippen molar-refractivity contribution in [2.24, 2.45) is 0 Å². The highest BCUT2D eigenvalue weighted by Gasteiger charge is 2.25. The van der Waals surface area contributed by atoms with E-state index in [1.165, 1.54) is 13.5 Å². The summed E-state index contributed by atoms with van der Waals surface area (Å²) < 4.78 is 16.6. The zero-order chi connectivity index (χ0) is 43.9. The molecule has 2 amide bonds. The Morgan fingerprint density at radius 2 is 1.44 bits per heavy atom. The second-order valence-corrected chi connectivity index (χ2v) is 14.3. The second-order valence-electron chi connectivity index (χ2n) is 14.3. The Kier molecular flexibility index (Phi) is 23.5.